The van der Waals surface area contributed by atoms with E-state index in [0.29, 0.717) is 11.5 Å². The normalized spacial score (nSPS) is 11.2. The standard InChI is InChI=1S/C17H19NO6S/c1-18(2)25(20,21)13-8-5-7-12(11-13)17(19)24-16-14(22-3)9-6-10-15(16)23-4/h5-11H,1-4H3. The second-order valence-electron chi connectivity index (χ2n) is 5.20. The lowest BCUT2D eigenvalue weighted by Gasteiger charge is -2.14. The van der Waals surface area contributed by atoms with Gasteiger partial charge in [0.1, 0.15) is 0 Å². The summed E-state index contributed by atoms with van der Waals surface area (Å²) in [5.74, 6) is 0.0477. The van der Waals surface area contributed by atoms with Gasteiger partial charge in [0.15, 0.2) is 11.5 Å². The van der Waals surface area contributed by atoms with Gasteiger partial charge in [-0.15, -0.1) is 0 Å². The molecule has 25 heavy (non-hydrogen) atoms. The zero-order chi connectivity index (χ0) is 18.6. The van der Waals surface area contributed by atoms with E-state index in [1.165, 1.54) is 52.6 Å². The van der Waals surface area contributed by atoms with Gasteiger partial charge in [-0.1, -0.05) is 12.1 Å². The van der Waals surface area contributed by atoms with Crippen molar-refractivity contribution in [2.24, 2.45) is 0 Å². The Morgan fingerprint density at radius 3 is 2.04 bits per heavy atom. The molecule has 0 saturated carbocycles. The highest BCUT2D eigenvalue weighted by atomic mass is 32.2. The van der Waals surface area contributed by atoms with Crippen LogP contribution in [0.4, 0.5) is 0 Å². The summed E-state index contributed by atoms with van der Waals surface area (Å²) in [6.07, 6.45) is 0. The van der Waals surface area contributed by atoms with Gasteiger partial charge >= 0.3 is 5.97 Å². The molecule has 0 saturated heterocycles. The van der Waals surface area contributed by atoms with Gasteiger partial charge in [0.25, 0.3) is 0 Å². The molecule has 0 spiro atoms. The van der Waals surface area contributed by atoms with Gasteiger partial charge in [0.05, 0.1) is 24.7 Å². The molecule has 0 aliphatic rings. The van der Waals surface area contributed by atoms with Crippen molar-refractivity contribution in [3.05, 3.63) is 48.0 Å². The molecule has 2 aromatic carbocycles. The van der Waals surface area contributed by atoms with E-state index in [-0.39, 0.29) is 16.2 Å². The number of rotatable bonds is 6. The fourth-order valence-electron chi connectivity index (χ4n) is 2.06. The maximum atomic E-state index is 12.5. The monoisotopic (exact) mass is 365 g/mol. The number of nitrogens with zero attached hydrogens (tertiary/aromatic N) is 1. The summed E-state index contributed by atoms with van der Waals surface area (Å²) in [6, 6.07) is 10.6. The predicted molar refractivity (Wildman–Crippen MR) is 91.8 cm³/mol. The first kappa shape index (κ1) is 18.8. The molecule has 0 heterocycles. The van der Waals surface area contributed by atoms with E-state index in [9.17, 15) is 13.2 Å². The van der Waals surface area contributed by atoms with Crippen molar-refractivity contribution in [1.82, 2.24) is 4.31 Å². The Kier molecular flexibility index (Phi) is 5.66. The van der Waals surface area contributed by atoms with E-state index in [1.54, 1.807) is 18.2 Å². The number of esters is 1. The second kappa shape index (κ2) is 7.54. The van der Waals surface area contributed by atoms with E-state index in [2.05, 4.69) is 0 Å². The summed E-state index contributed by atoms with van der Waals surface area (Å²) < 4.78 is 41.2. The van der Waals surface area contributed by atoms with E-state index in [1.807, 2.05) is 0 Å². The molecule has 8 heteroatoms. The van der Waals surface area contributed by atoms with Crippen LogP contribution in [-0.4, -0.2) is 47.0 Å². The van der Waals surface area contributed by atoms with Crippen LogP contribution in [0.25, 0.3) is 0 Å². The van der Waals surface area contributed by atoms with Gasteiger partial charge in [0, 0.05) is 14.1 Å². The van der Waals surface area contributed by atoms with Crippen LogP contribution in [0.15, 0.2) is 47.4 Å². The minimum atomic E-state index is -3.66. The molecule has 0 atom stereocenters. The molecule has 2 aromatic rings. The van der Waals surface area contributed by atoms with E-state index in [4.69, 9.17) is 14.2 Å². The molecule has 0 fully saturated rings. The Labute approximate surface area is 146 Å². The molecule has 0 amide bonds. The van der Waals surface area contributed by atoms with Crippen molar-refractivity contribution in [2.75, 3.05) is 28.3 Å². The minimum absolute atomic E-state index is 0.000980. The van der Waals surface area contributed by atoms with Crippen LogP contribution in [0, 0.1) is 0 Å². The third-order valence-corrected chi connectivity index (χ3v) is 5.24. The van der Waals surface area contributed by atoms with Crippen molar-refractivity contribution in [3.63, 3.8) is 0 Å². The maximum Gasteiger partial charge on any atom is 0.343 e. The highest BCUT2D eigenvalue weighted by molar-refractivity contribution is 7.89. The van der Waals surface area contributed by atoms with Crippen LogP contribution in [0.2, 0.25) is 0 Å². The molecule has 0 aliphatic carbocycles. The van der Waals surface area contributed by atoms with Crippen molar-refractivity contribution in [3.8, 4) is 17.2 Å². The van der Waals surface area contributed by atoms with Crippen LogP contribution < -0.4 is 14.2 Å². The van der Waals surface area contributed by atoms with Crippen molar-refractivity contribution in [2.45, 2.75) is 4.90 Å². The lowest BCUT2D eigenvalue weighted by atomic mass is 10.2. The third-order valence-electron chi connectivity index (χ3n) is 3.43. The molecular weight excluding hydrogens is 346 g/mol. The number of hydrogen-bond acceptors (Lipinski definition) is 6. The lowest BCUT2D eigenvalue weighted by molar-refractivity contribution is 0.0724. The van der Waals surface area contributed by atoms with Crippen molar-refractivity contribution in [1.29, 1.82) is 0 Å². The van der Waals surface area contributed by atoms with E-state index < -0.39 is 16.0 Å². The number of para-hydroxylation sites is 1. The Morgan fingerprint density at radius 2 is 1.52 bits per heavy atom. The van der Waals surface area contributed by atoms with Crippen LogP contribution in [-0.2, 0) is 10.0 Å². The van der Waals surface area contributed by atoms with Crippen LogP contribution >= 0.6 is 0 Å². The first-order valence-electron chi connectivity index (χ1n) is 7.27. The van der Waals surface area contributed by atoms with E-state index in [0.717, 1.165) is 4.31 Å². The first-order valence-corrected chi connectivity index (χ1v) is 8.71. The highest BCUT2D eigenvalue weighted by Gasteiger charge is 2.21. The van der Waals surface area contributed by atoms with Gasteiger partial charge in [-0.25, -0.2) is 17.5 Å². The second-order valence-corrected chi connectivity index (χ2v) is 7.35. The Balaban J connectivity index is 2.38. The maximum absolute atomic E-state index is 12.5. The molecule has 2 rings (SSSR count). The minimum Gasteiger partial charge on any atom is -0.493 e. The smallest absolute Gasteiger partial charge is 0.343 e. The van der Waals surface area contributed by atoms with Gasteiger partial charge in [0.2, 0.25) is 15.8 Å². The summed E-state index contributed by atoms with van der Waals surface area (Å²) >= 11 is 0. The van der Waals surface area contributed by atoms with Crippen LogP contribution in [0.1, 0.15) is 10.4 Å². The van der Waals surface area contributed by atoms with Crippen molar-refractivity contribution >= 4 is 16.0 Å². The lowest BCUT2D eigenvalue weighted by Crippen LogP contribution is -2.22. The topological polar surface area (TPSA) is 82.1 Å². The number of methoxy groups -OCH3 is 2. The molecule has 134 valence electrons. The van der Waals surface area contributed by atoms with Gasteiger partial charge in [-0.3, -0.25) is 0 Å². The number of ether oxygens (including phenoxy) is 3. The molecule has 0 aromatic heterocycles. The van der Waals surface area contributed by atoms with Gasteiger partial charge in [-0.05, 0) is 30.3 Å². The largest absolute Gasteiger partial charge is 0.493 e. The summed E-state index contributed by atoms with van der Waals surface area (Å²) in [5.41, 5.74) is 0.0934. The number of carbonyl (C=O) groups is 1. The molecule has 0 bridgehead atoms. The summed E-state index contributed by atoms with van der Waals surface area (Å²) in [7, 11) is 2.06. The number of hydrogen-bond donors (Lipinski definition) is 0. The van der Waals surface area contributed by atoms with Gasteiger partial charge in [-0.2, -0.15) is 0 Å². The third kappa shape index (κ3) is 3.92. The van der Waals surface area contributed by atoms with Crippen molar-refractivity contribution < 1.29 is 27.4 Å². The summed E-state index contributed by atoms with van der Waals surface area (Å²) in [6.45, 7) is 0. The number of carbonyl (C=O) groups excluding carboxylic acids is 1. The molecular formula is C17H19NO6S. The van der Waals surface area contributed by atoms with Gasteiger partial charge < -0.3 is 14.2 Å². The molecule has 7 nitrogen and oxygen atoms in total. The molecule has 0 aliphatic heterocycles. The summed E-state index contributed by atoms with van der Waals surface area (Å²) in [4.78, 5) is 12.5. The van der Waals surface area contributed by atoms with E-state index >= 15 is 0 Å². The molecule has 0 radical (unpaired) electrons. The molecule has 0 N–H and O–H groups in total. The predicted octanol–water partition coefficient (Wildman–Crippen LogP) is 2.17. The number of sulfonamides is 1. The SMILES string of the molecule is COc1cccc(OC)c1OC(=O)c1cccc(S(=O)(=O)N(C)C)c1. The first-order chi connectivity index (χ1) is 11.8. The highest BCUT2D eigenvalue weighted by Crippen LogP contribution is 2.37. The average molecular weight is 365 g/mol. The fraction of sp³-hybridized carbons (Fsp3) is 0.235. The Hall–Kier alpha value is -2.58. The quantitative estimate of drug-likeness (QED) is 0.576. The Bertz CT molecular complexity index is 854. The molecule has 0 unspecified atom stereocenters. The Morgan fingerprint density at radius 1 is 0.960 bits per heavy atom. The summed E-state index contributed by atoms with van der Waals surface area (Å²) in [5, 5.41) is 0. The number of benzene rings is 2. The van der Waals surface area contributed by atoms with Crippen LogP contribution in [0.5, 0.6) is 17.2 Å². The zero-order valence-electron chi connectivity index (χ0n) is 14.3. The average Bonchev–Trinajstić information content (AvgIpc) is 2.61. The van der Waals surface area contributed by atoms with Crippen LogP contribution in [0.3, 0.4) is 0 Å². The fourth-order valence-corrected chi connectivity index (χ4v) is 3.01. The zero-order valence-corrected chi connectivity index (χ0v) is 15.2.